The highest BCUT2D eigenvalue weighted by Crippen LogP contribution is 2.26. The molecule has 0 saturated carbocycles. The number of hydrogen-bond acceptors (Lipinski definition) is 6. The molecule has 0 atom stereocenters. The molecule has 0 radical (unpaired) electrons. The quantitative estimate of drug-likeness (QED) is 0.250. The standard InChI is InChI=1S/C17H17N3O5S/c1-3-8-26-15-7-5-4-6-13(15)18-16(21)11-25-17(22)14-9-12(20(23)24)10-19(14)2/h3-7,9-10H,1,8,11H2,2H3,(H,18,21). The van der Waals surface area contributed by atoms with E-state index in [4.69, 9.17) is 4.74 Å². The first kappa shape index (κ1) is 19.3. The zero-order chi connectivity index (χ0) is 19.1. The number of thioether (sulfide) groups is 1. The molecule has 0 fully saturated rings. The highest BCUT2D eigenvalue weighted by molar-refractivity contribution is 7.99. The number of ether oxygens (including phenoxy) is 1. The van der Waals surface area contributed by atoms with Crippen LogP contribution in [-0.2, 0) is 16.6 Å². The second-order valence-corrected chi connectivity index (χ2v) is 6.23. The number of nitrogens with one attached hydrogen (secondary N) is 1. The van der Waals surface area contributed by atoms with Gasteiger partial charge in [-0.2, -0.15) is 0 Å². The molecule has 1 aromatic heterocycles. The number of para-hydroxylation sites is 1. The van der Waals surface area contributed by atoms with Crippen LogP contribution < -0.4 is 5.32 Å². The number of aromatic nitrogens is 1. The van der Waals surface area contributed by atoms with E-state index >= 15 is 0 Å². The van der Waals surface area contributed by atoms with Gasteiger partial charge in [-0.25, -0.2) is 4.79 Å². The Bertz CT molecular complexity index is 847. The van der Waals surface area contributed by atoms with Crippen molar-refractivity contribution in [3.05, 3.63) is 65.0 Å². The van der Waals surface area contributed by atoms with Crippen LogP contribution in [0.15, 0.2) is 54.1 Å². The topological polar surface area (TPSA) is 103 Å². The highest BCUT2D eigenvalue weighted by Gasteiger charge is 2.19. The largest absolute Gasteiger partial charge is 0.451 e. The lowest BCUT2D eigenvalue weighted by atomic mass is 10.3. The zero-order valence-corrected chi connectivity index (χ0v) is 14.8. The first-order valence-electron chi connectivity index (χ1n) is 7.53. The lowest BCUT2D eigenvalue weighted by molar-refractivity contribution is -0.384. The molecule has 0 aliphatic heterocycles. The molecule has 0 saturated heterocycles. The van der Waals surface area contributed by atoms with Crippen LogP contribution in [0.25, 0.3) is 0 Å². The Morgan fingerprint density at radius 3 is 2.81 bits per heavy atom. The molecule has 9 heteroatoms. The molecule has 2 rings (SSSR count). The predicted octanol–water partition coefficient (Wildman–Crippen LogP) is 3.01. The lowest BCUT2D eigenvalue weighted by Gasteiger charge is -2.10. The van der Waals surface area contributed by atoms with E-state index < -0.39 is 23.4 Å². The van der Waals surface area contributed by atoms with Crippen molar-refractivity contribution in [1.82, 2.24) is 4.57 Å². The fraction of sp³-hybridized carbons (Fsp3) is 0.176. The molecule has 0 spiro atoms. The van der Waals surface area contributed by atoms with Gasteiger partial charge in [-0.15, -0.1) is 18.3 Å². The molecule has 2 aromatic rings. The number of rotatable bonds is 8. The van der Waals surface area contributed by atoms with E-state index in [1.165, 1.54) is 29.6 Å². The van der Waals surface area contributed by atoms with E-state index in [1.54, 1.807) is 18.2 Å². The molecule has 0 unspecified atom stereocenters. The first-order chi connectivity index (χ1) is 12.4. The van der Waals surface area contributed by atoms with Gasteiger partial charge in [-0.1, -0.05) is 18.2 Å². The van der Waals surface area contributed by atoms with Gasteiger partial charge >= 0.3 is 5.97 Å². The van der Waals surface area contributed by atoms with Gasteiger partial charge in [0.25, 0.3) is 11.6 Å². The summed E-state index contributed by atoms with van der Waals surface area (Å²) in [6.07, 6.45) is 2.95. The van der Waals surface area contributed by atoms with Crippen LogP contribution in [0.4, 0.5) is 11.4 Å². The molecular formula is C17H17N3O5S. The smallest absolute Gasteiger partial charge is 0.355 e. The summed E-state index contributed by atoms with van der Waals surface area (Å²) in [6, 6.07) is 8.33. The van der Waals surface area contributed by atoms with Crippen LogP contribution in [0.3, 0.4) is 0 Å². The SMILES string of the molecule is C=CCSc1ccccc1NC(=O)COC(=O)c1cc([N+](=O)[O-])cn1C. The Kier molecular flexibility index (Phi) is 6.56. The van der Waals surface area contributed by atoms with Crippen LogP contribution in [0, 0.1) is 10.1 Å². The van der Waals surface area contributed by atoms with Crippen LogP contribution in [-0.4, -0.2) is 33.7 Å². The number of carbonyl (C=O) groups is 2. The maximum Gasteiger partial charge on any atom is 0.355 e. The maximum absolute atomic E-state index is 12.0. The lowest BCUT2D eigenvalue weighted by Crippen LogP contribution is -2.22. The van der Waals surface area contributed by atoms with Crippen molar-refractivity contribution in [2.75, 3.05) is 17.7 Å². The number of aryl methyl sites for hydroxylation is 1. The monoisotopic (exact) mass is 375 g/mol. The predicted molar refractivity (Wildman–Crippen MR) is 98.3 cm³/mol. The third-order valence-electron chi connectivity index (χ3n) is 3.26. The Balaban J connectivity index is 1.96. The van der Waals surface area contributed by atoms with Crippen molar-refractivity contribution in [3.63, 3.8) is 0 Å². The number of hydrogen-bond donors (Lipinski definition) is 1. The van der Waals surface area contributed by atoms with Gasteiger partial charge in [0.2, 0.25) is 0 Å². The van der Waals surface area contributed by atoms with Gasteiger partial charge in [0, 0.05) is 23.8 Å². The van der Waals surface area contributed by atoms with Crippen LogP contribution >= 0.6 is 11.8 Å². The Labute approximate surface area is 154 Å². The molecule has 1 amide bonds. The van der Waals surface area contributed by atoms with Gasteiger partial charge in [-0.05, 0) is 12.1 Å². The summed E-state index contributed by atoms with van der Waals surface area (Å²) in [5.74, 6) is -0.632. The van der Waals surface area contributed by atoms with Crippen molar-refractivity contribution < 1.29 is 19.2 Å². The minimum Gasteiger partial charge on any atom is -0.451 e. The third kappa shape index (κ3) is 4.96. The first-order valence-corrected chi connectivity index (χ1v) is 8.51. The normalized spacial score (nSPS) is 10.2. The number of carbonyl (C=O) groups excluding carboxylic acids is 2. The second-order valence-electron chi connectivity index (χ2n) is 5.17. The van der Waals surface area contributed by atoms with Crippen molar-refractivity contribution in [2.45, 2.75) is 4.90 Å². The van der Waals surface area contributed by atoms with Gasteiger partial charge in [0.1, 0.15) is 5.69 Å². The fourth-order valence-corrected chi connectivity index (χ4v) is 2.83. The molecular weight excluding hydrogens is 358 g/mol. The Hall–Kier alpha value is -3.07. The minimum atomic E-state index is -0.815. The van der Waals surface area contributed by atoms with Gasteiger partial charge in [-0.3, -0.25) is 14.9 Å². The molecule has 1 heterocycles. The highest BCUT2D eigenvalue weighted by atomic mass is 32.2. The van der Waals surface area contributed by atoms with Crippen LogP contribution in [0.2, 0.25) is 0 Å². The molecule has 1 N–H and O–H groups in total. The molecule has 8 nitrogen and oxygen atoms in total. The van der Waals surface area contributed by atoms with Crippen molar-refractivity contribution in [1.29, 1.82) is 0 Å². The number of anilines is 1. The second kappa shape index (κ2) is 8.86. The summed E-state index contributed by atoms with van der Waals surface area (Å²) >= 11 is 1.51. The summed E-state index contributed by atoms with van der Waals surface area (Å²) in [5.41, 5.74) is 0.374. The molecule has 26 heavy (non-hydrogen) atoms. The van der Waals surface area contributed by atoms with E-state index in [2.05, 4.69) is 11.9 Å². The fourth-order valence-electron chi connectivity index (χ4n) is 2.09. The summed E-state index contributed by atoms with van der Waals surface area (Å²) < 4.78 is 6.22. The Morgan fingerprint density at radius 1 is 1.42 bits per heavy atom. The third-order valence-corrected chi connectivity index (χ3v) is 4.33. The zero-order valence-electron chi connectivity index (χ0n) is 14.0. The average molecular weight is 375 g/mol. The van der Waals surface area contributed by atoms with E-state index in [-0.39, 0.29) is 11.4 Å². The van der Waals surface area contributed by atoms with Crippen LogP contribution in [0.1, 0.15) is 10.5 Å². The van der Waals surface area contributed by atoms with Gasteiger partial charge < -0.3 is 14.6 Å². The number of amides is 1. The number of benzene rings is 1. The number of esters is 1. The van der Waals surface area contributed by atoms with E-state index in [0.717, 1.165) is 11.0 Å². The Morgan fingerprint density at radius 2 is 2.15 bits per heavy atom. The van der Waals surface area contributed by atoms with Gasteiger partial charge in [0.05, 0.1) is 16.8 Å². The van der Waals surface area contributed by atoms with Crippen molar-refractivity contribution >= 4 is 35.0 Å². The molecule has 0 aliphatic carbocycles. The van der Waals surface area contributed by atoms with Crippen LogP contribution in [0.5, 0.6) is 0 Å². The summed E-state index contributed by atoms with van der Waals surface area (Å²) in [5, 5.41) is 13.4. The number of nitro groups is 1. The molecule has 0 bridgehead atoms. The average Bonchev–Trinajstić information content (AvgIpc) is 3.01. The van der Waals surface area contributed by atoms with E-state index in [1.807, 2.05) is 12.1 Å². The molecule has 0 aliphatic rings. The maximum atomic E-state index is 12.0. The van der Waals surface area contributed by atoms with E-state index in [9.17, 15) is 19.7 Å². The summed E-state index contributed by atoms with van der Waals surface area (Å²) in [7, 11) is 1.48. The minimum absolute atomic E-state index is 0.00793. The molecule has 136 valence electrons. The van der Waals surface area contributed by atoms with Gasteiger partial charge in [0.15, 0.2) is 6.61 Å². The summed E-state index contributed by atoms with van der Waals surface area (Å²) in [4.78, 5) is 35.0. The van der Waals surface area contributed by atoms with Crippen molar-refractivity contribution in [3.8, 4) is 0 Å². The van der Waals surface area contributed by atoms with E-state index in [0.29, 0.717) is 11.4 Å². The summed E-state index contributed by atoms with van der Waals surface area (Å²) in [6.45, 7) is 3.15. The molecule has 1 aromatic carbocycles. The van der Waals surface area contributed by atoms with Crippen molar-refractivity contribution in [2.24, 2.45) is 7.05 Å². The number of nitrogens with zero attached hydrogens (tertiary/aromatic N) is 2.